The molecule has 44 heavy (non-hydrogen) atoms. The molecule has 2 fully saturated rings. The molecular formula is C29H32O15. The van der Waals surface area contributed by atoms with Crippen LogP contribution >= 0.6 is 0 Å². The quantitative estimate of drug-likeness (QED) is 0.165. The summed E-state index contributed by atoms with van der Waals surface area (Å²) in [5.74, 6) is -1.23. The molecule has 0 bridgehead atoms. The highest BCUT2D eigenvalue weighted by atomic mass is 16.7. The SMILES string of the molecule is CC(=O)OC[C@H]1O[C@@H](Oc2cc(O)cc3oc(-c4ccc(O)cc4)cc(=O)c23)[C@H](O)[C@@H](O)[C@@H]1O[C@@H]1O[C@@H](C)[C@H](O)[C@@H](O)[C@H]1O. The minimum absolute atomic E-state index is 0.00600. The van der Waals surface area contributed by atoms with Crippen molar-refractivity contribution in [1.82, 2.24) is 0 Å². The predicted octanol–water partition coefficient (Wildman–Crippen LogP) is -0.528. The normalized spacial score (nSPS) is 32.3. The first kappa shape index (κ1) is 31.6. The summed E-state index contributed by atoms with van der Waals surface area (Å²) in [6, 6.07) is 9.27. The van der Waals surface area contributed by atoms with Crippen LogP contribution in [0.15, 0.2) is 51.7 Å². The molecule has 0 aliphatic carbocycles. The third-order valence-electron chi connectivity index (χ3n) is 7.37. The van der Waals surface area contributed by atoms with Gasteiger partial charge in [0.05, 0.1) is 6.10 Å². The van der Waals surface area contributed by atoms with Crippen molar-refractivity contribution in [3.63, 3.8) is 0 Å². The number of rotatable bonds is 7. The molecule has 10 atom stereocenters. The average Bonchev–Trinajstić information content (AvgIpc) is 2.97. The van der Waals surface area contributed by atoms with E-state index in [4.69, 9.17) is 28.1 Å². The van der Waals surface area contributed by atoms with Gasteiger partial charge in [-0.2, -0.15) is 0 Å². The van der Waals surface area contributed by atoms with Gasteiger partial charge in [-0.3, -0.25) is 9.59 Å². The molecule has 15 heteroatoms. The number of phenols is 2. The minimum Gasteiger partial charge on any atom is -0.508 e. The Labute approximate surface area is 249 Å². The molecule has 3 heterocycles. The van der Waals surface area contributed by atoms with Crippen LogP contribution in [0.3, 0.4) is 0 Å². The molecule has 2 aliphatic rings. The van der Waals surface area contributed by atoms with Crippen molar-refractivity contribution in [3.05, 3.63) is 52.7 Å². The van der Waals surface area contributed by atoms with Crippen LogP contribution in [0.5, 0.6) is 17.2 Å². The predicted molar refractivity (Wildman–Crippen MR) is 146 cm³/mol. The summed E-state index contributed by atoms with van der Waals surface area (Å²) in [5, 5.41) is 72.3. The van der Waals surface area contributed by atoms with Gasteiger partial charge in [-0.15, -0.1) is 0 Å². The second-order valence-corrected chi connectivity index (χ2v) is 10.6. The van der Waals surface area contributed by atoms with Gasteiger partial charge in [0.15, 0.2) is 11.7 Å². The molecular weight excluding hydrogens is 588 g/mol. The smallest absolute Gasteiger partial charge is 0.302 e. The van der Waals surface area contributed by atoms with Crippen molar-refractivity contribution < 1.29 is 68.6 Å². The van der Waals surface area contributed by atoms with E-state index in [0.29, 0.717) is 5.56 Å². The fourth-order valence-corrected chi connectivity index (χ4v) is 5.01. The third-order valence-corrected chi connectivity index (χ3v) is 7.37. The molecule has 0 spiro atoms. The van der Waals surface area contributed by atoms with Crippen molar-refractivity contribution in [2.24, 2.45) is 0 Å². The van der Waals surface area contributed by atoms with Crippen LogP contribution in [0, 0.1) is 0 Å². The minimum atomic E-state index is -1.87. The zero-order chi connectivity index (χ0) is 31.9. The van der Waals surface area contributed by atoms with E-state index in [1.165, 1.54) is 43.3 Å². The van der Waals surface area contributed by atoms with E-state index >= 15 is 0 Å². The first-order chi connectivity index (χ1) is 20.8. The number of ether oxygens (including phenoxy) is 5. The van der Waals surface area contributed by atoms with E-state index in [1.807, 2.05) is 0 Å². The lowest BCUT2D eigenvalue weighted by atomic mass is 9.97. The fourth-order valence-electron chi connectivity index (χ4n) is 5.01. The summed E-state index contributed by atoms with van der Waals surface area (Å²) < 4.78 is 33.6. The van der Waals surface area contributed by atoms with Crippen molar-refractivity contribution >= 4 is 16.9 Å². The maximum atomic E-state index is 13.2. The molecule has 2 saturated heterocycles. The molecule has 2 aliphatic heterocycles. The Hall–Kier alpha value is -3.80. The fraction of sp³-hybridized carbons (Fsp3) is 0.448. The van der Waals surface area contributed by atoms with Gasteiger partial charge in [0.1, 0.15) is 83.3 Å². The summed E-state index contributed by atoms with van der Waals surface area (Å²) in [6.07, 6.45) is -15.7. The summed E-state index contributed by atoms with van der Waals surface area (Å²) in [7, 11) is 0. The van der Waals surface area contributed by atoms with Crippen LogP contribution in [-0.4, -0.2) is 110 Å². The Morgan fingerprint density at radius 2 is 1.52 bits per heavy atom. The second kappa shape index (κ2) is 12.7. The van der Waals surface area contributed by atoms with E-state index in [1.54, 1.807) is 0 Å². The number of phenolic OH excluding ortho intramolecular Hbond substituents is 2. The molecule has 0 saturated carbocycles. The number of carbonyl (C=O) groups is 1. The lowest BCUT2D eigenvalue weighted by Gasteiger charge is -2.45. The Balaban J connectivity index is 1.43. The molecule has 0 unspecified atom stereocenters. The van der Waals surface area contributed by atoms with Crippen LogP contribution in [0.25, 0.3) is 22.3 Å². The molecule has 15 nitrogen and oxygen atoms in total. The average molecular weight is 621 g/mol. The highest BCUT2D eigenvalue weighted by Gasteiger charge is 2.51. The highest BCUT2D eigenvalue weighted by Crippen LogP contribution is 2.35. The van der Waals surface area contributed by atoms with Gasteiger partial charge in [-0.1, -0.05) is 0 Å². The van der Waals surface area contributed by atoms with Gasteiger partial charge in [0.25, 0.3) is 0 Å². The van der Waals surface area contributed by atoms with Crippen molar-refractivity contribution in [3.8, 4) is 28.6 Å². The number of hydrogen-bond acceptors (Lipinski definition) is 15. The zero-order valence-corrected chi connectivity index (χ0v) is 23.4. The topological polar surface area (TPSA) is 235 Å². The molecule has 0 radical (unpaired) electrons. The van der Waals surface area contributed by atoms with E-state index in [9.17, 15) is 45.3 Å². The molecule has 238 valence electrons. The van der Waals surface area contributed by atoms with Crippen molar-refractivity contribution in [2.45, 2.75) is 75.3 Å². The Morgan fingerprint density at radius 1 is 0.841 bits per heavy atom. The van der Waals surface area contributed by atoms with Gasteiger partial charge >= 0.3 is 5.97 Å². The lowest BCUT2D eigenvalue weighted by Crippen LogP contribution is -2.64. The van der Waals surface area contributed by atoms with Gasteiger partial charge < -0.3 is 63.8 Å². The number of esters is 1. The van der Waals surface area contributed by atoms with E-state index < -0.39 is 79.4 Å². The maximum Gasteiger partial charge on any atom is 0.302 e. The molecule has 3 aromatic rings. The number of benzene rings is 2. The molecule has 5 rings (SSSR count). The Morgan fingerprint density at radius 3 is 2.20 bits per heavy atom. The number of aliphatic hydroxyl groups excluding tert-OH is 5. The number of fused-ring (bicyclic) bond motifs is 1. The van der Waals surface area contributed by atoms with E-state index in [2.05, 4.69) is 0 Å². The largest absolute Gasteiger partial charge is 0.508 e. The molecule has 7 N–H and O–H groups in total. The lowest BCUT2D eigenvalue weighted by molar-refractivity contribution is -0.349. The van der Waals surface area contributed by atoms with Gasteiger partial charge in [-0.05, 0) is 31.2 Å². The van der Waals surface area contributed by atoms with Crippen LogP contribution in [0.2, 0.25) is 0 Å². The van der Waals surface area contributed by atoms with E-state index in [-0.39, 0.29) is 34.0 Å². The Bertz CT molecular complexity index is 1540. The van der Waals surface area contributed by atoms with Crippen LogP contribution < -0.4 is 10.2 Å². The van der Waals surface area contributed by atoms with Gasteiger partial charge in [0.2, 0.25) is 6.29 Å². The Kier molecular flexibility index (Phi) is 9.10. The third kappa shape index (κ3) is 6.36. The number of aromatic hydroxyl groups is 2. The highest BCUT2D eigenvalue weighted by molar-refractivity contribution is 5.86. The first-order valence-corrected chi connectivity index (χ1v) is 13.6. The molecule has 0 amide bonds. The van der Waals surface area contributed by atoms with Crippen LogP contribution in [-0.2, 0) is 23.7 Å². The first-order valence-electron chi connectivity index (χ1n) is 13.6. The van der Waals surface area contributed by atoms with Crippen LogP contribution in [0.1, 0.15) is 13.8 Å². The number of carbonyl (C=O) groups excluding carboxylic acids is 1. The summed E-state index contributed by atoms with van der Waals surface area (Å²) in [4.78, 5) is 24.8. The van der Waals surface area contributed by atoms with Gasteiger partial charge in [0, 0.05) is 30.7 Å². The summed E-state index contributed by atoms with van der Waals surface area (Å²) in [5.41, 5.74) is -0.215. The van der Waals surface area contributed by atoms with Gasteiger partial charge in [-0.25, -0.2) is 0 Å². The number of aliphatic hydroxyl groups is 5. The standard InChI is InChI=1S/C29H32O15/c1-11-22(34)23(35)25(37)28(40-11)44-27-20(10-39-12(2)30)43-29(26(38)24(27)36)42-19-8-15(32)7-18-21(19)16(33)9-17(41-18)13-3-5-14(31)6-4-13/h3-9,11,20,22-29,31-32,34-38H,10H2,1-2H3/t11-,20+,22-,23+,24+,25+,26+,27+,28-,29+/m0/s1. The monoisotopic (exact) mass is 620 g/mol. The summed E-state index contributed by atoms with van der Waals surface area (Å²) >= 11 is 0. The zero-order valence-electron chi connectivity index (χ0n) is 23.4. The van der Waals surface area contributed by atoms with Crippen molar-refractivity contribution in [2.75, 3.05) is 6.61 Å². The van der Waals surface area contributed by atoms with Crippen LogP contribution in [0.4, 0.5) is 0 Å². The maximum absolute atomic E-state index is 13.2. The van der Waals surface area contributed by atoms with E-state index in [0.717, 1.165) is 13.0 Å². The molecule has 1 aromatic heterocycles. The number of hydrogen-bond donors (Lipinski definition) is 7. The summed E-state index contributed by atoms with van der Waals surface area (Å²) in [6.45, 7) is 2.02. The second-order valence-electron chi connectivity index (χ2n) is 10.6. The van der Waals surface area contributed by atoms with Crippen molar-refractivity contribution in [1.29, 1.82) is 0 Å². The molecule has 2 aromatic carbocycles.